The zero-order valence-corrected chi connectivity index (χ0v) is 17.1. The highest BCUT2D eigenvalue weighted by molar-refractivity contribution is 7.13. The number of halogens is 4. The molecule has 2 aromatic heterocycles. The van der Waals surface area contributed by atoms with E-state index >= 15 is 0 Å². The first-order chi connectivity index (χ1) is 14.5. The molecule has 0 aliphatic carbocycles. The number of pyridine rings is 1. The van der Waals surface area contributed by atoms with Gasteiger partial charge in [0, 0.05) is 5.69 Å². The standard InChI is InChI=1S/C20H16F4N4O2S/c1-10-6-14(21)13(7-15(10)27-19(30)16-9-25-11(2)31-16)18(29)28-17-5-3-4-12(26-17)8-20(22,23)24/h3-7,9H,8H2,1-2H3,(H,27,30)(H,26,28,29). The quantitative estimate of drug-likeness (QED) is 0.539. The Kier molecular flexibility index (Phi) is 6.34. The summed E-state index contributed by atoms with van der Waals surface area (Å²) in [6.07, 6.45) is -4.31. The lowest BCUT2D eigenvalue weighted by Crippen LogP contribution is -2.18. The fraction of sp³-hybridized carbons (Fsp3) is 0.200. The van der Waals surface area contributed by atoms with Gasteiger partial charge < -0.3 is 10.6 Å². The van der Waals surface area contributed by atoms with Crippen molar-refractivity contribution in [3.63, 3.8) is 0 Å². The minimum absolute atomic E-state index is 0.155. The first kappa shape index (κ1) is 22.3. The first-order valence-corrected chi connectivity index (χ1v) is 9.71. The molecule has 11 heteroatoms. The van der Waals surface area contributed by atoms with E-state index in [2.05, 4.69) is 20.6 Å². The number of aromatic nitrogens is 2. The van der Waals surface area contributed by atoms with E-state index in [1.807, 2.05) is 0 Å². The average molecular weight is 452 g/mol. The van der Waals surface area contributed by atoms with Crippen molar-refractivity contribution in [2.24, 2.45) is 0 Å². The van der Waals surface area contributed by atoms with Gasteiger partial charge in [-0.1, -0.05) is 6.07 Å². The smallest absolute Gasteiger partial charge is 0.321 e. The number of hydrogen-bond donors (Lipinski definition) is 2. The molecule has 31 heavy (non-hydrogen) atoms. The molecule has 0 unspecified atom stereocenters. The van der Waals surface area contributed by atoms with Crippen molar-refractivity contribution in [1.82, 2.24) is 9.97 Å². The Morgan fingerprint density at radius 3 is 2.48 bits per heavy atom. The molecule has 0 bridgehead atoms. The van der Waals surface area contributed by atoms with Crippen molar-refractivity contribution in [3.8, 4) is 0 Å². The van der Waals surface area contributed by atoms with Gasteiger partial charge in [0.2, 0.25) is 0 Å². The topological polar surface area (TPSA) is 84.0 Å². The van der Waals surface area contributed by atoms with E-state index in [1.165, 1.54) is 35.7 Å². The van der Waals surface area contributed by atoms with Crippen molar-refractivity contribution in [2.45, 2.75) is 26.4 Å². The molecule has 6 nitrogen and oxygen atoms in total. The molecule has 2 amide bonds. The number of anilines is 2. The van der Waals surface area contributed by atoms with Gasteiger partial charge in [-0.2, -0.15) is 13.2 Å². The van der Waals surface area contributed by atoms with Gasteiger partial charge >= 0.3 is 6.18 Å². The van der Waals surface area contributed by atoms with Crippen molar-refractivity contribution < 1.29 is 27.2 Å². The summed E-state index contributed by atoms with van der Waals surface area (Å²) in [5.74, 6) is -2.39. The second kappa shape index (κ2) is 8.80. The van der Waals surface area contributed by atoms with Crippen molar-refractivity contribution in [1.29, 1.82) is 0 Å². The van der Waals surface area contributed by atoms with E-state index in [-0.39, 0.29) is 17.2 Å². The summed E-state index contributed by atoms with van der Waals surface area (Å²) < 4.78 is 52.0. The van der Waals surface area contributed by atoms with Gasteiger partial charge in [0.15, 0.2) is 0 Å². The Morgan fingerprint density at radius 1 is 1.10 bits per heavy atom. The summed E-state index contributed by atoms with van der Waals surface area (Å²) in [6, 6.07) is 6.00. The highest BCUT2D eigenvalue weighted by Gasteiger charge is 2.28. The minimum Gasteiger partial charge on any atom is -0.321 e. The predicted molar refractivity (Wildman–Crippen MR) is 108 cm³/mol. The van der Waals surface area contributed by atoms with Gasteiger partial charge in [0.25, 0.3) is 11.8 Å². The normalized spacial score (nSPS) is 11.3. The molecule has 0 aliphatic heterocycles. The molecule has 0 atom stereocenters. The molecule has 0 saturated carbocycles. The molecule has 0 fully saturated rings. The van der Waals surface area contributed by atoms with E-state index in [0.717, 1.165) is 12.1 Å². The summed E-state index contributed by atoms with van der Waals surface area (Å²) >= 11 is 1.18. The number of rotatable bonds is 5. The average Bonchev–Trinajstić information content (AvgIpc) is 3.09. The Hall–Kier alpha value is -3.34. The Labute approximate surface area is 178 Å². The Balaban J connectivity index is 1.81. The summed E-state index contributed by atoms with van der Waals surface area (Å²) in [5, 5.41) is 5.58. The monoisotopic (exact) mass is 452 g/mol. The maximum Gasteiger partial charge on any atom is 0.394 e. The maximum atomic E-state index is 14.4. The first-order valence-electron chi connectivity index (χ1n) is 8.90. The molecular formula is C20H16F4N4O2S. The van der Waals surface area contributed by atoms with Gasteiger partial charge in [0.1, 0.15) is 16.5 Å². The molecule has 1 aromatic carbocycles. The third kappa shape index (κ3) is 5.85. The molecule has 2 N–H and O–H groups in total. The van der Waals surface area contributed by atoms with Gasteiger partial charge in [-0.25, -0.2) is 14.4 Å². The molecule has 0 saturated heterocycles. The lowest BCUT2D eigenvalue weighted by molar-refractivity contribution is -0.127. The predicted octanol–water partition coefficient (Wildman–Crippen LogP) is 4.90. The van der Waals surface area contributed by atoms with Crippen molar-refractivity contribution >= 4 is 34.7 Å². The fourth-order valence-electron chi connectivity index (χ4n) is 2.67. The number of nitrogens with zero attached hydrogens (tertiary/aromatic N) is 2. The van der Waals surface area contributed by atoms with Crippen LogP contribution < -0.4 is 10.6 Å². The van der Waals surface area contributed by atoms with Crippen LogP contribution in [0.4, 0.5) is 29.1 Å². The highest BCUT2D eigenvalue weighted by Crippen LogP contribution is 2.24. The van der Waals surface area contributed by atoms with Crippen molar-refractivity contribution in [2.75, 3.05) is 10.6 Å². The van der Waals surface area contributed by atoms with Crippen LogP contribution in [0.5, 0.6) is 0 Å². The van der Waals surface area contributed by atoms with Gasteiger partial charge in [-0.15, -0.1) is 11.3 Å². The lowest BCUT2D eigenvalue weighted by Gasteiger charge is -2.12. The number of hydrogen-bond acceptors (Lipinski definition) is 5. The molecule has 0 radical (unpaired) electrons. The lowest BCUT2D eigenvalue weighted by atomic mass is 10.1. The zero-order valence-electron chi connectivity index (χ0n) is 16.3. The largest absolute Gasteiger partial charge is 0.394 e. The third-order valence-electron chi connectivity index (χ3n) is 4.08. The van der Waals surface area contributed by atoms with Crippen LogP contribution in [0.1, 0.15) is 36.3 Å². The molecular weight excluding hydrogens is 436 g/mol. The fourth-order valence-corrected chi connectivity index (χ4v) is 3.34. The van der Waals surface area contributed by atoms with Crippen molar-refractivity contribution in [3.05, 3.63) is 69.1 Å². The number of thiazole rings is 1. The number of nitrogens with one attached hydrogen (secondary N) is 2. The second-order valence-electron chi connectivity index (χ2n) is 6.60. The highest BCUT2D eigenvalue weighted by atomic mass is 32.1. The second-order valence-corrected chi connectivity index (χ2v) is 7.84. The van der Waals surface area contributed by atoms with Crippen LogP contribution >= 0.6 is 11.3 Å². The molecule has 0 spiro atoms. The maximum absolute atomic E-state index is 14.4. The van der Waals surface area contributed by atoms with E-state index < -0.39 is 35.8 Å². The molecule has 3 aromatic rings. The summed E-state index contributed by atoms with van der Waals surface area (Å²) in [7, 11) is 0. The van der Waals surface area contributed by atoms with Gasteiger partial charge in [-0.05, 0) is 43.7 Å². The van der Waals surface area contributed by atoms with E-state index in [9.17, 15) is 27.2 Å². The van der Waals surface area contributed by atoms with Crippen LogP contribution in [0.3, 0.4) is 0 Å². The summed E-state index contributed by atoms with van der Waals surface area (Å²) in [4.78, 5) is 32.9. The molecule has 3 rings (SSSR count). The molecule has 0 aliphatic rings. The van der Waals surface area contributed by atoms with Crippen LogP contribution in [0.15, 0.2) is 36.5 Å². The van der Waals surface area contributed by atoms with E-state index in [1.54, 1.807) is 13.8 Å². The Morgan fingerprint density at radius 2 is 1.84 bits per heavy atom. The van der Waals surface area contributed by atoms with Gasteiger partial charge in [0.05, 0.1) is 28.9 Å². The van der Waals surface area contributed by atoms with Gasteiger partial charge in [-0.3, -0.25) is 9.59 Å². The van der Waals surface area contributed by atoms with Crippen LogP contribution in [-0.4, -0.2) is 28.0 Å². The zero-order chi connectivity index (χ0) is 22.8. The SMILES string of the molecule is Cc1ncc(C(=O)Nc2cc(C(=O)Nc3cccc(CC(F)(F)F)n3)c(F)cc2C)s1. The number of aryl methyl sites for hydroxylation is 2. The number of carbonyl (C=O) groups excluding carboxylic acids is 2. The van der Waals surface area contributed by atoms with Crippen LogP contribution in [-0.2, 0) is 6.42 Å². The Bertz CT molecular complexity index is 1140. The van der Waals surface area contributed by atoms with Crippen LogP contribution in [0.25, 0.3) is 0 Å². The third-order valence-corrected chi connectivity index (χ3v) is 4.99. The molecule has 2 heterocycles. The summed E-state index contributed by atoms with van der Waals surface area (Å²) in [5.41, 5.74) is -0.0952. The number of amides is 2. The molecule has 162 valence electrons. The van der Waals surface area contributed by atoms with Crippen LogP contribution in [0.2, 0.25) is 0 Å². The van der Waals surface area contributed by atoms with E-state index in [4.69, 9.17) is 0 Å². The summed E-state index contributed by atoms with van der Waals surface area (Å²) in [6.45, 7) is 3.30. The minimum atomic E-state index is -4.46. The number of carbonyl (C=O) groups is 2. The number of benzene rings is 1. The van der Waals surface area contributed by atoms with Crippen LogP contribution in [0, 0.1) is 19.7 Å². The van der Waals surface area contributed by atoms with E-state index in [0.29, 0.717) is 15.4 Å². The number of alkyl halides is 3.